The molecule has 0 aromatic heterocycles. The van der Waals surface area contributed by atoms with Crippen LogP contribution in [0.1, 0.15) is 20.3 Å². The van der Waals surface area contributed by atoms with E-state index in [2.05, 4.69) is 11.9 Å². The van der Waals surface area contributed by atoms with Crippen molar-refractivity contribution >= 4 is 11.8 Å². The van der Waals surface area contributed by atoms with Crippen molar-refractivity contribution in [3.8, 4) is 0 Å². The fourth-order valence-electron chi connectivity index (χ4n) is 2.68. The molecule has 2 amide bonds. The lowest BCUT2D eigenvalue weighted by molar-refractivity contribution is -0.137. The molecule has 2 aliphatic rings. The highest BCUT2D eigenvalue weighted by Gasteiger charge is 2.37. The third-order valence-corrected chi connectivity index (χ3v) is 3.95. The van der Waals surface area contributed by atoms with Crippen LogP contribution in [-0.2, 0) is 9.59 Å². The van der Waals surface area contributed by atoms with Crippen molar-refractivity contribution in [2.24, 2.45) is 5.92 Å². The van der Waals surface area contributed by atoms with Crippen LogP contribution < -0.4 is 0 Å². The largest absolute Gasteiger partial charge is 0.340 e. The summed E-state index contributed by atoms with van der Waals surface area (Å²) < 4.78 is 0. The van der Waals surface area contributed by atoms with Crippen LogP contribution >= 0.6 is 0 Å². The molecule has 2 fully saturated rings. The van der Waals surface area contributed by atoms with Gasteiger partial charge in [-0.25, -0.2) is 0 Å². The van der Waals surface area contributed by atoms with Gasteiger partial charge in [0.15, 0.2) is 0 Å². The Morgan fingerprint density at radius 3 is 2.33 bits per heavy atom. The molecule has 0 bridgehead atoms. The second kappa shape index (κ2) is 5.26. The first-order chi connectivity index (χ1) is 8.49. The molecular formula is C13H23N3O2. The van der Waals surface area contributed by atoms with Gasteiger partial charge in [-0.2, -0.15) is 0 Å². The summed E-state index contributed by atoms with van der Waals surface area (Å²) in [5.41, 5.74) is 0. The third-order valence-electron chi connectivity index (χ3n) is 3.95. The minimum atomic E-state index is -0.122. The van der Waals surface area contributed by atoms with Crippen molar-refractivity contribution in [2.75, 3.05) is 39.8 Å². The van der Waals surface area contributed by atoms with Crippen molar-refractivity contribution in [2.45, 2.75) is 26.3 Å². The van der Waals surface area contributed by atoms with Crippen molar-refractivity contribution in [3.05, 3.63) is 0 Å². The maximum absolute atomic E-state index is 12.3. The molecule has 0 aromatic rings. The van der Waals surface area contributed by atoms with Gasteiger partial charge < -0.3 is 14.7 Å². The van der Waals surface area contributed by atoms with E-state index < -0.39 is 0 Å². The topological polar surface area (TPSA) is 43.9 Å². The Balaban J connectivity index is 1.93. The summed E-state index contributed by atoms with van der Waals surface area (Å²) in [7, 11) is 2.07. The highest BCUT2D eigenvalue weighted by Crippen LogP contribution is 2.22. The van der Waals surface area contributed by atoms with E-state index >= 15 is 0 Å². The first-order valence-corrected chi connectivity index (χ1v) is 6.76. The number of carbonyl (C=O) groups is 2. The molecule has 102 valence electrons. The smallest absolute Gasteiger partial charge is 0.228 e. The summed E-state index contributed by atoms with van der Waals surface area (Å²) in [5.74, 6) is 0.167. The van der Waals surface area contributed by atoms with Gasteiger partial charge in [0.2, 0.25) is 11.8 Å². The SMILES string of the molecule is CC(C)N1C[C@@H](C(=O)N2CCN(C)CC2)CC1=O. The summed E-state index contributed by atoms with van der Waals surface area (Å²) in [6.07, 6.45) is 0.392. The molecule has 0 aliphatic carbocycles. The first kappa shape index (κ1) is 13.3. The average molecular weight is 253 g/mol. The van der Waals surface area contributed by atoms with Crippen molar-refractivity contribution in [1.82, 2.24) is 14.7 Å². The Morgan fingerprint density at radius 1 is 1.22 bits per heavy atom. The second-order valence-corrected chi connectivity index (χ2v) is 5.67. The third kappa shape index (κ3) is 2.66. The molecule has 18 heavy (non-hydrogen) atoms. The summed E-state index contributed by atoms with van der Waals surface area (Å²) >= 11 is 0. The Labute approximate surface area is 109 Å². The molecule has 0 saturated carbocycles. The van der Waals surface area contributed by atoms with Crippen LogP contribution in [0.2, 0.25) is 0 Å². The quantitative estimate of drug-likeness (QED) is 0.697. The van der Waals surface area contributed by atoms with Gasteiger partial charge in [-0.3, -0.25) is 9.59 Å². The van der Waals surface area contributed by atoms with Gasteiger partial charge >= 0.3 is 0 Å². The van der Waals surface area contributed by atoms with Crippen LogP contribution in [0.15, 0.2) is 0 Å². The molecule has 5 heteroatoms. The minimum Gasteiger partial charge on any atom is -0.340 e. The van der Waals surface area contributed by atoms with Crippen LogP contribution in [0.25, 0.3) is 0 Å². The zero-order chi connectivity index (χ0) is 13.3. The van der Waals surface area contributed by atoms with Gasteiger partial charge in [0.25, 0.3) is 0 Å². The Bertz CT molecular complexity index is 335. The van der Waals surface area contributed by atoms with Crippen LogP contribution in [0, 0.1) is 5.92 Å². The monoisotopic (exact) mass is 253 g/mol. The van der Waals surface area contributed by atoms with E-state index in [1.807, 2.05) is 23.6 Å². The number of piperazine rings is 1. The van der Waals surface area contributed by atoms with E-state index in [9.17, 15) is 9.59 Å². The molecule has 0 aromatic carbocycles. The molecule has 0 radical (unpaired) electrons. The fourth-order valence-corrected chi connectivity index (χ4v) is 2.68. The number of likely N-dealkylation sites (N-methyl/N-ethyl adjacent to an activating group) is 1. The molecule has 5 nitrogen and oxygen atoms in total. The lowest BCUT2D eigenvalue weighted by Crippen LogP contribution is -2.49. The van der Waals surface area contributed by atoms with Crippen LogP contribution in [0.5, 0.6) is 0 Å². The van der Waals surface area contributed by atoms with Gasteiger partial charge in [-0.05, 0) is 20.9 Å². The summed E-state index contributed by atoms with van der Waals surface area (Å²) in [5, 5.41) is 0. The molecule has 2 rings (SSSR count). The highest BCUT2D eigenvalue weighted by atomic mass is 16.2. The Morgan fingerprint density at radius 2 is 1.83 bits per heavy atom. The molecule has 1 atom stereocenters. The van der Waals surface area contributed by atoms with Gasteiger partial charge in [0.1, 0.15) is 0 Å². The lowest BCUT2D eigenvalue weighted by Gasteiger charge is -2.34. The maximum Gasteiger partial charge on any atom is 0.228 e. The molecular weight excluding hydrogens is 230 g/mol. The summed E-state index contributed by atoms with van der Waals surface area (Å²) in [6, 6.07) is 0.197. The normalized spacial score (nSPS) is 26.2. The van der Waals surface area contributed by atoms with E-state index in [0.717, 1.165) is 26.2 Å². The number of hydrogen-bond donors (Lipinski definition) is 0. The van der Waals surface area contributed by atoms with Gasteiger partial charge in [-0.15, -0.1) is 0 Å². The number of hydrogen-bond acceptors (Lipinski definition) is 3. The van der Waals surface area contributed by atoms with E-state index in [4.69, 9.17) is 0 Å². The number of amides is 2. The molecule has 2 saturated heterocycles. The molecule has 0 N–H and O–H groups in total. The maximum atomic E-state index is 12.3. The second-order valence-electron chi connectivity index (χ2n) is 5.67. The minimum absolute atomic E-state index is 0.122. The molecule has 2 aliphatic heterocycles. The molecule has 0 spiro atoms. The molecule has 2 heterocycles. The zero-order valence-electron chi connectivity index (χ0n) is 11.6. The summed E-state index contributed by atoms with van der Waals surface area (Å²) in [4.78, 5) is 30.1. The Hall–Kier alpha value is -1.10. The number of carbonyl (C=O) groups excluding carboxylic acids is 2. The van der Waals surface area contributed by atoms with Crippen molar-refractivity contribution in [3.63, 3.8) is 0 Å². The lowest BCUT2D eigenvalue weighted by atomic mass is 10.1. The van der Waals surface area contributed by atoms with Crippen LogP contribution in [0.4, 0.5) is 0 Å². The van der Waals surface area contributed by atoms with Crippen molar-refractivity contribution in [1.29, 1.82) is 0 Å². The predicted molar refractivity (Wildman–Crippen MR) is 69.0 cm³/mol. The van der Waals surface area contributed by atoms with E-state index in [0.29, 0.717) is 13.0 Å². The fraction of sp³-hybridized carbons (Fsp3) is 0.846. The van der Waals surface area contributed by atoms with E-state index in [1.165, 1.54) is 0 Å². The average Bonchev–Trinajstić information content (AvgIpc) is 2.71. The number of likely N-dealkylation sites (tertiary alicyclic amines) is 1. The van der Waals surface area contributed by atoms with E-state index in [1.54, 1.807) is 0 Å². The van der Waals surface area contributed by atoms with Gasteiger partial charge in [-0.1, -0.05) is 0 Å². The number of rotatable bonds is 2. The standard InChI is InChI=1S/C13H23N3O2/c1-10(2)16-9-11(8-12(16)17)13(18)15-6-4-14(3)5-7-15/h10-11H,4-9H2,1-3H3/t11-/m0/s1. The first-order valence-electron chi connectivity index (χ1n) is 6.76. The zero-order valence-corrected chi connectivity index (χ0v) is 11.6. The molecule has 0 unspecified atom stereocenters. The Kier molecular flexibility index (Phi) is 3.90. The van der Waals surface area contributed by atoms with Crippen molar-refractivity contribution < 1.29 is 9.59 Å². The van der Waals surface area contributed by atoms with Crippen LogP contribution in [0.3, 0.4) is 0 Å². The van der Waals surface area contributed by atoms with Gasteiger partial charge in [0.05, 0.1) is 5.92 Å². The summed E-state index contributed by atoms with van der Waals surface area (Å²) in [6.45, 7) is 8.05. The predicted octanol–water partition coefficient (Wildman–Crippen LogP) is 0.0173. The van der Waals surface area contributed by atoms with Crippen LogP contribution in [-0.4, -0.2) is 72.3 Å². The number of nitrogens with zero attached hydrogens (tertiary/aromatic N) is 3. The van der Waals surface area contributed by atoms with E-state index in [-0.39, 0.29) is 23.8 Å². The van der Waals surface area contributed by atoms with Gasteiger partial charge in [0, 0.05) is 45.2 Å². The highest BCUT2D eigenvalue weighted by molar-refractivity contribution is 5.89.